The SMILES string of the molecule is Cc1ccc(OCc2cc(Br)cs2)c(C(=O)O)n1. The van der Waals surface area contributed by atoms with Gasteiger partial charge in [-0.2, -0.15) is 0 Å². The van der Waals surface area contributed by atoms with Crippen molar-refractivity contribution in [1.29, 1.82) is 0 Å². The largest absolute Gasteiger partial charge is 0.486 e. The molecule has 2 aromatic rings. The fraction of sp³-hybridized carbons (Fsp3) is 0.167. The third kappa shape index (κ3) is 3.08. The highest BCUT2D eigenvalue weighted by atomic mass is 79.9. The fourth-order valence-corrected chi connectivity index (χ4v) is 2.75. The first-order valence-corrected chi connectivity index (χ1v) is 6.80. The van der Waals surface area contributed by atoms with Crippen LogP contribution in [0, 0.1) is 6.92 Å². The zero-order valence-electron chi connectivity index (χ0n) is 9.51. The summed E-state index contributed by atoms with van der Waals surface area (Å²) in [6, 6.07) is 5.30. The number of aromatic nitrogens is 1. The average Bonchev–Trinajstić information content (AvgIpc) is 2.73. The number of carboxylic acids is 1. The topological polar surface area (TPSA) is 59.4 Å². The number of carbonyl (C=O) groups is 1. The number of carboxylic acid groups (broad SMARTS) is 1. The number of thiophene rings is 1. The molecule has 4 nitrogen and oxygen atoms in total. The van der Waals surface area contributed by atoms with E-state index in [9.17, 15) is 4.79 Å². The van der Waals surface area contributed by atoms with Gasteiger partial charge in [0.05, 0.1) is 0 Å². The Kier molecular flexibility index (Phi) is 3.98. The van der Waals surface area contributed by atoms with Crippen LogP contribution in [-0.4, -0.2) is 16.1 Å². The normalized spacial score (nSPS) is 10.3. The Bertz CT molecular complexity index is 582. The molecule has 18 heavy (non-hydrogen) atoms. The lowest BCUT2D eigenvalue weighted by molar-refractivity contribution is 0.0684. The summed E-state index contributed by atoms with van der Waals surface area (Å²) in [6.07, 6.45) is 0. The van der Waals surface area contributed by atoms with Crippen LogP contribution in [0.5, 0.6) is 5.75 Å². The van der Waals surface area contributed by atoms with Crippen LogP contribution in [0.4, 0.5) is 0 Å². The molecule has 1 N–H and O–H groups in total. The molecule has 2 rings (SSSR count). The standard InChI is InChI=1S/C12H10BrNO3S/c1-7-2-3-10(11(14-7)12(15)16)17-5-9-4-8(13)6-18-9/h2-4,6H,5H2,1H3,(H,15,16). The second kappa shape index (κ2) is 5.49. The number of hydrogen-bond acceptors (Lipinski definition) is 4. The number of pyridine rings is 1. The van der Waals surface area contributed by atoms with Gasteiger partial charge in [-0.15, -0.1) is 11.3 Å². The average molecular weight is 328 g/mol. The van der Waals surface area contributed by atoms with Crippen molar-refractivity contribution < 1.29 is 14.6 Å². The molecule has 0 aliphatic rings. The molecule has 0 bridgehead atoms. The molecule has 0 aliphatic heterocycles. The van der Waals surface area contributed by atoms with E-state index in [1.807, 2.05) is 11.4 Å². The van der Waals surface area contributed by atoms with Crippen molar-refractivity contribution in [1.82, 2.24) is 4.98 Å². The molecule has 0 aliphatic carbocycles. The first-order chi connectivity index (χ1) is 8.56. The van der Waals surface area contributed by atoms with E-state index in [0.29, 0.717) is 12.3 Å². The van der Waals surface area contributed by atoms with Gasteiger partial charge >= 0.3 is 5.97 Å². The zero-order valence-corrected chi connectivity index (χ0v) is 11.9. The highest BCUT2D eigenvalue weighted by molar-refractivity contribution is 9.10. The minimum Gasteiger partial charge on any atom is -0.486 e. The van der Waals surface area contributed by atoms with Gasteiger partial charge in [-0.25, -0.2) is 9.78 Å². The second-order valence-corrected chi connectivity index (χ2v) is 5.54. The van der Waals surface area contributed by atoms with Crippen molar-refractivity contribution in [3.8, 4) is 5.75 Å². The van der Waals surface area contributed by atoms with Gasteiger partial charge in [0, 0.05) is 20.4 Å². The van der Waals surface area contributed by atoms with E-state index < -0.39 is 5.97 Å². The van der Waals surface area contributed by atoms with Crippen molar-refractivity contribution in [2.45, 2.75) is 13.5 Å². The fourth-order valence-electron chi connectivity index (χ4n) is 1.39. The summed E-state index contributed by atoms with van der Waals surface area (Å²) in [5, 5.41) is 11.0. The third-order valence-electron chi connectivity index (χ3n) is 2.19. The lowest BCUT2D eigenvalue weighted by Crippen LogP contribution is -2.06. The smallest absolute Gasteiger partial charge is 0.358 e. The maximum Gasteiger partial charge on any atom is 0.358 e. The Labute approximate surface area is 116 Å². The summed E-state index contributed by atoms with van der Waals surface area (Å²) in [5.41, 5.74) is 0.601. The Morgan fingerprint density at radius 2 is 2.33 bits per heavy atom. The van der Waals surface area contributed by atoms with Crippen LogP contribution in [0.1, 0.15) is 21.1 Å². The molecule has 94 valence electrons. The van der Waals surface area contributed by atoms with Gasteiger partial charge in [0.2, 0.25) is 0 Å². The van der Waals surface area contributed by atoms with E-state index in [1.165, 1.54) is 0 Å². The summed E-state index contributed by atoms with van der Waals surface area (Å²) in [7, 11) is 0. The Morgan fingerprint density at radius 3 is 2.94 bits per heavy atom. The second-order valence-electron chi connectivity index (χ2n) is 3.62. The summed E-state index contributed by atoms with van der Waals surface area (Å²) in [5.74, 6) is -0.793. The van der Waals surface area contributed by atoms with Gasteiger partial charge < -0.3 is 9.84 Å². The van der Waals surface area contributed by atoms with Crippen LogP contribution in [0.15, 0.2) is 28.1 Å². The molecular formula is C12H10BrNO3S. The maximum atomic E-state index is 11.0. The lowest BCUT2D eigenvalue weighted by atomic mass is 10.3. The van der Waals surface area contributed by atoms with Gasteiger partial charge in [-0.1, -0.05) is 0 Å². The van der Waals surface area contributed by atoms with Gasteiger partial charge in [-0.05, 0) is 41.1 Å². The molecule has 0 radical (unpaired) electrons. The van der Waals surface area contributed by atoms with E-state index in [1.54, 1.807) is 30.4 Å². The van der Waals surface area contributed by atoms with E-state index in [0.717, 1.165) is 9.35 Å². The van der Waals surface area contributed by atoms with Crippen LogP contribution in [0.25, 0.3) is 0 Å². The molecule has 0 saturated carbocycles. The maximum absolute atomic E-state index is 11.0. The van der Waals surface area contributed by atoms with Gasteiger partial charge in [-0.3, -0.25) is 0 Å². The number of aromatic carboxylic acids is 1. The quantitative estimate of drug-likeness (QED) is 0.933. The minimum absolute atomic E-state index is 0.0504. The van der Waals surface area contributed by atoms with E-state index in [2.05, 4.69) is 20.9 Å². The van der Waals surface area contributed by atoms with Crippen molar-refractivity contribution >= 4 is 33.2 Å². The predicted molar refractivity (Wildman–Crippen MR) is 72.3 cm³/mol. The Morgan fingerprint density at radius 1 is 1.56 bits per heavy atom. The van der Waals surface area contributed by atoms with Crippen LogP contribution in [-0.2, 0) is 6.61 Å². The molecule has 0 spiro atoms. The number of ether oxygens (including phenoxy) is 1. The van der Waals surface area contributed by atoms with Crippen molar-refractivity contribution in [3.05, 3.63) is 44.3 Å². The van der Waals surface area contributed by atoms with Gasteiger partial charge in [0.25, 0.3) is 0 Å². The highest BCUT2D eigenvalue weighted by Crippen LogP contribution is 2.23. The van der Waals surface area contributed by atoms with Gasteiger partial charge in [0.15, 0.2) is 11.4 Å². The van der Waals surface area contributed by atoms with E-state index >= 15 is 0 Å². The number of halogens is 1. The predicted octanol–water partition coefficient (Wildman–Crippen LogP) is 3.49. The lowest BCUT2D eigenvalue weighted by Gasteiger charge is -2.07. The Balaban J connectivity index is 2.16. The van der Waals surface area contributed by atoms with Crippen LogP contribution in [0.3, 0.4) is 0 Å². The molecule has 6 heteroatoms. The first-order valence-electron chi connectivity index (χ1n) is 5.13. The monoisotopic (exact) mass is 327 g/mol. The molecule has 0 saturated heterocycles. The van der Waals surface area contributed by atoms with Crippen molar-refractivity contribution in [2.75, 3.05) is 0 Å². The Hall–Kier alpha value is -1.40. The van der Waals surface area contributed by atoms with Crippen molar-refractivity contribution in [2.24, 2.45) is 0 Å². The molecular weight excluding hydrogens is 318 g/mol. The summed E-state index contributed by atoms with van der Waals surface area (Å²) < 4.78 is 6.49. The molecule has 2 aromatic heterocycles. The van der Waals surface area contributed by atoms with E-state index in [-0.39, 0.29) is 11.4 Å². The van der Waals surface area contributed by atoms with Crippen LogP contribution >= 0.6 is 27.3 Å². The van der Waals surface area contributed by atoms with E-state index in [4.69, 9.17) is 9.84 Å². The first kappa shape index (κ1) is 13.0. The summed E-state index contributed by atoms with van der Waals surface area (Å²) in [4.78, 5) is 16.0. The summed E-state index contributed by atoms with van der Waals surface area (Å²) >= 11 is 4.90. The minimum atomic E-state index is -1.08. The third-order valence-corrected chi connectivity index (χ3v) is 3.86. The molecule has 0 fully saturated rings. The molecule has 0 atom stereocenters. The molecule has 0 aromatic carbocycles. The number of nitrogens with zero attached hydrogens (tertiary/aromatic N) is 1. The highest BCUT2D eigenvalue weighted by Gasteiger charge is 2.13. The molecule has 2 heterocycles. The zero-order chi connectivity index (χ0) is 13.1. The van der Waals surface area contributed by atoms with Crippen molar-refractivity contribution in [3.63, 3.8) is 0 Å². The van der Waals surface area contributed by atoms with Crippen LogP contribution in [0.2, 0.25) is 0 Å². The number of aryl methyl sites for hydroxylation is 1. The number of hydrogen-bond donors (Lipinski definition) is 1. The molecule has 0 amide bonds. The number of rotatable bonds is 4. The molecule has 0 unspecified atom stereocenters. The van der Waals surface area contributed by atoms with Gasteiger partial charge in [0.1, 0.15) is 6.61 Å². The van der Waals surface area contributed by atoms with Crippen LogP contribution < -0.4 is 4.74 Å². The summed E-state index contributed by atoms with van der Waals surface area (Å²) in [6.45, 7) is 2.08.